The number of piperidine rings is 1. The summed E-state index contributed by atoms with van der Waals surface area (Å²) in [6, 6.07) is 12.4. The van der Waals surface area contributed by atoms with Crippen molar-refractivity contribution in [2.75, 3.05) is 25.5 Å². The highest BCUT2D eigenvalue weighted by Crippen LogP contribution is 2.30. The summed E-state index contributed by atoms with van der Waals surface area (Å²) in [6.07, 6.45) is 1.49. The SMILES string of the molecule is COc1cccc(-c2noc(C3CCN(C(=O)Nc4ccc(Cl)c(Cl)c4)CC3)n2)c1. The molecule has 3 aromatic rings. The molecule has 0 bridgehead atoms. The number of halogens is 2. The quantitative estimate of drug-likeness (QED) is 0.574. The molecule has 1 N–H and O–H groups in total. The van der Waals surface area contributed by atoms with Crippen LogP contribution in [0.3, 0.4) is 0 Å². The number of methoxy groups -OCH3 is 1. The van der Waals surface area contributed by atoms with Gasteiger partial charge in [-0.3, -0.25) is 0 Å². The third kappa shape index (κ3) is 4.52. The van der Waals surface area contributed by atoms with E-state index in [2.05, 4.69) is 15.5 Å². The fourth-order valence-electron chi connectivity index (χ4n) is 3.39. The predicted octanol–water partition coefficient (Wildman–Crippen LogP) is 5.46. The molecule has 0 radical (unpaired) electrons. The average Bonchev–Trinajstić information content (AvgIpc) is 3.27. The van der Waals surface area contributed by atoms with Crippen LogP contribution in [0.1, 0.15) is 24.7 Å². The summed E-state index contributed by atoms with van der Waals surface area (Å²) in [5, 5.41) is 7.80. The van der Waals surface area contributed by atoms with Gasteiger partial charge in [-0.2, -0.15) is 4.98 Å². The van der Waals surface area contributed by atoms with Crippen LogP contribution in [0.4, 0.5) is 10.5 Å². The van der Waals surface area contributed by atoms with Crippen molar-refractivity contribution in [3.63, 3.8) is 0 Å². The molecule has 1 aromatic heterocycles. The number of amides is 2. The fourth-order valence-corrected chi connectivity index (χ4v) is 3.68. The lowest BCUT2D eigenvalue weighted by Crippen LogP contribution is -2.40. The first-order valence-corrected chi connectivity index (χ1v) is 10.3. The van der Waals surface area contributed by atoms with Gasteiger partial charge in [0, 0.05) is 30.3 Å². The molecule has 0 aliphatic carbocycles. The van der Waals surface area contributed by atoms with Gasteiger partial charge in [0.25, 0.3) is 0 Å². The Morgan fingerprint density at radius 2 is 1.97 bits per heavy atom. The van der Waals surface area contributed by atoms with E-state index in [1.54, 1.807) is 30.2 Å². The molecule has 2 amide bonds. The zero-order valence-corrected chi connectivity index (χ0v) is 17.8. The Morgan fingerprint density at radius 3 is 2.70 bits per heavy atom. The van der Waals surface area contributed by atoms with Crippen LogP contribution in [-0.4, -0.2) is 41.3 Å². The number of hydrogen-bond acceptors (Lipinski definition) is 5. The number of carbonyl (C=O) groups is 1. The molecular formula is C21H20Cl2N4O3. The Labute approximate surface area is 183 Å². The number of urea groups is 1. The maximum absolute atomic E-state index is 12.5. The molecular weight excluding hydrogens is 427 g/mol. The van der Waals surface area contributed by atoms with Crippen molar-refractivity contribution >= 4 is 34.9 Å². The first-order valence-electron chi connectivity index (χ1n) is 9.52. The van der Waals surface area contributed by atoms with Crippen molar-refractivity contribution < 1.29 is 14.1 Å². The number of carbonyl (C=O) groups excluding carboxylic acids is 1. The minimum atomic E-state index is -0.172. The molecule has 4 rings (SSSR count). The zero-order valence-electron chi connectivity index (χ0n) is 16.3. The summed E-state index contributed by atoms with van der Waals surface area (Å²) in [6.45, 7) is 1.18. The van der Waals surface area contributed by atoms with E-state index in [1.165, 1.54) is 0 Å². The Bertz CT molecular complexity index is 1050. The summed E-state index contributed by atoms with van der Waals surface area (Å²) in [5.74, 6) is 1.98. The predicted molar refractivity (Wildman–Crippen MR) is 115 cm³/mol. The van der Waals surface area contributed by atoms with E-state index in [0.717, 1.165) is 24.2 Å². The number of ether oxygens (including phenoxy) is 1. The molecule has 7 nitrogen and oxygen atoms in total. The van der Waals surface area contributed by atoms with E-state index in [9.17, 15) is 4.79 Å². The summed E-state index contributed by atoms with van der Waals surface area (Å²) in [7, 11) is 1.62. The van der Waals surface area contributed by atoms with Crippen molar-refractivity contribution in [2.45, 2.75) is 18.8 Å². The summed E-state index contributed by atoms with van der Waals surface area (Å²) in [5.41, 5.74) is 1.44. The lowest BCUT2D eigenvalue weighted by atomic mass is 9.97. The van der Waals surface area contributed by atoms with Crippen molar-refractivity contribution in [3.05, 3.63) is 58.4 Å². The molecule has 2 aromatic carbocycles. The molecule has 1 fully saturated rings. The van der Waals surface area contributed by atoms with E-state index in [4.69, 9.17) is 32.5 Å². The van der Waals surface area contributed by atoms with Crippen LogP contribution in [0.15, 0.2) is 47.0 Å². The topological polar surface area (TPSA) is 80.5 Å². The lowest BCUT2D eigenvalue weighted by Gasteiger charge is -2.30. The van der Waals surface area contributed by atoms with Gasteiger partial charge < -0.3 is 19.5 Å². The van der Waals surface area contributed by atoms with Gasteiger partial charge in [0.05, 0.1) is 17.2 Å². The molecule has 0 saturated carbocycles. The number of rotatable bonds is 4. The van der Waals surface area contributed by atoms with Crippen LogP contribution < -0.4 is 10.1 Å². The fraction of sp³-hybridized carbons (Fsp3) is 0.286. The summed E-state index contributed by atoms with van der Waals surface area (Å²) in [4.78, 5) is 18.8. The lowest BCUT2D eigenvalue weighted by molar-refractivity contribution is 0.187. The number of anilines is 1. The second-order valence-electron chi connectivity index (χ2n) is 7.01. The Hall–Kier alpha value is -2.77. The molecule has 0 unspecified atom stereocenters. The Kier molecular flexibility index (Phi) is 6.11. The van der Waals surface area contributed by atoms with Gasteiger partial charge in [-0.1, -0.05) is 40.5 Å². The van der Waals surface area contributed by atoms with E-state index in [1.807, 2.05) is 24.3 Å². The number of aromatic nitrogens is 2. The second-order valence-corrected chi connectivity index (χ2v) is 7.82. The van der Waals surface area contributed by atoms with Crippen molar-refractivity contribution in [1.82, 2.24) is 15.0 Å². The first kappa shape index (κ1) is 20.5. The standard InChI is InChI=1S/C21H20Cl2N4O3/c1-29-16-4-2-3-14(11-16)19-25-20(30-26-19)13-7-9-27(10-8-13)21(28)24-15-5-6-17(22)18(23)12-15/h2-6,11-13H,7-10H2,1H3,(H,24,28). The maximum atomic E-state index is 12.5. The van der Waals surface area contributed by atoms with Gasteiger partial charge in [0.2, 0.25) is 11.7 Å². The second kappa shape index (κ2) is 8.93. The molecule has 0 atom stereocenters. The number of benzene rings is 2. The highest BCUT2D eigenvalue weighted by atomic mass is 35.5. The van der Waals surface area contributed by atoms with Gasteiger partial charge in [0.15, 0.2) is 0 Å². The first-order chi connectivity index (χ1) is 14.5. The van der Waals surface area contributed by atoms with E-state index in [0.29, 0.717) is 40.5 Å². The molecule has 1 aliphatic rings. The minimum absolute atomic E-state index is 0.117. The number of nitrogens with zero attached hydrogens (tertiary/aromatic N) is 3. The Morgan fingerprint density at radius 1 is 1.17 bits per heavy atom. The number of likely N-dealkylation sites (tertiary alicyclic amines) is 1. The summed E-state index contributed by atoms with van der Waals surface area (Å²) >= 11 is 11.9. The van der Waals surface area contributed by atoms with Crippen LogP contribution in [-0.2, 0) is 0 Å². The third-order valence-electron chi connectivity index (χ3n) is 5.07. The summed E-state index contributed by atoms with van der Waals surface area (Å²) < 4.78 is 10.7. The molecule has 2 heterocycles. The molecule has 1 aliphatic heterocycles. The van der Waals surface area contributed by atoms with Crippen LogP contribution >= 0.6 is 23.2 Å². The smallest absolute Gasteiger partial charge is 0.321 e. The van der Waals surface area contributed by atoms with Gasteiger partial charge in [-0.05, 0) is 43.2 Å². The van der Waals surface area contributed by atoms with Crippen LogP contribution in [0.25, 0.3) is 11.4 Å². The zero-order chi connectivity index (χ0) is 21.1. The molecule has 156 valence electrons. The Balaban J connectivity index is 1.36. The third-order valence-corrected chi connectivity index (χ3v) is 5.81. The largest absolute Gasteiger partial charge is 0.497 e. The van der Waals surface area contributed by atoms with Gasteiger partial charge in [-0.15, -0.1) is 0 Å². The number of hydrogen-bond donors (Lipinski definition) is 1. The maximum Gasteiger partial charge on any atom is 0.321 e. The van der Waals surface area contributed by atoms with Crippen molar-refractivity contribution in [3.8, 4) is 17.1 Å². The number of nitrogens with one attached hydrogen (secondary N) is 1. The van der Waals surface area contributed by atoms with Crippen molar-refractivity contribution in [1.29, 1.82) is 0 Å². The average molecular weight is 447 g/mol. The normalized spacial score (nSPS) is 14.6. The molecule has 0 spiro atoms. The van der Waals surface area contributed by atoms with Gasteiger partial charge in [0.1, 0.15) is 5.75 Å². The molecule has 30 heavy (non-hydrogen) atoms. The highest BCUT2D eigenvalue weighted by Gasteiger charge is 2.28. The van der Waals surface area contributed by atoms with Gasteiger partial charge >= 0.3 is 6.03 Å². The monoisotopic (exact) mass is 446 g/mol. The van der Waals surface area contributed by atoms with Crippen LogP contribution in [0.2, 0.25) is 10.0 Å². The van der Waals surface area contributed by atoms with Crippen LogP contribution in [0, 0.1) is 0 Å². The highest BCUT2D eigenvalue weighted by molar-refractivity contribution is 6.42. The van der Waals surface area contributed by atoms with Crippen molar-refractivity contribution in [2.24, 2.45) is 0 Å². The van der Waals surface area contributed by atoms with E-state index in [-0.39, 0.29) is 11.9 Å². The van der Waals surface area contributed by atoms with E-state index < -0.39 is 0 Å². The minimum Gasteiger partial charge on any atom is -0.497 e. The molecule has 1 saturated heterocycles. The van der Waals surface area contributed by atoms with Crippen LogP contribution in [0.5, 0.6) is 5.75 Å². The van der Waals surface area contributed by atoms with Gasteiger partial charge in [-0.25, -0.2) is 4.79 Å². The van der Waals surface area contributed by atoms with E-state index >= 15 is 0 Å². The molecule has 9 heteroatoms.